The van der Waals surface area contributed by atoms with E-state index in [-0.39, 0.29) is 91.2 Å². The van der Waals surface area contributed by atoms with E-state index in [0.717, 1.165) is 33.3 Å². The summed E-state index contributed by atoms with van der Waals surface area (Å²) in [6.45, 7) is 0.0390. The van der Waals surface area contributed by atoms with Crippen molar-refractivity contribution in [2.45, 2.75) is 61.7 Å². The van der Waals surface area contributed by atoms with Crippen molar-refractivity contribution in [3.05, 3.63) is 58.1 Å². The Labute approximate surface area is 483 Å². The summed E-state index contributed by atoms with van der Waals surface area (Å²) in [5, 5.41) is 0. The van der Waals surface area contributed by atoms with Crippen molar-refractivity contribution in [3.63, 3.8) is 0 Å². The van der Waals surface area contributed by atoms with E-state index in [9.17, 15) is 28.8 Å². The molecule has 1 unspecified atom stereocenters. The monoisotopic (exact) mass is 1190 g/mol. The van der Waals surface area contributed by atoms with Gasteiger partial charge in [0.1, 0.15) is 12.7 Å². The van der Waals surface area contributed by atoms with Gasteiger partial charge in [-0.05, 0) is 30.3 Å². The molecule has 29 heteroatoms. The lowest BCUT2D eigenvalue weighted by molar-refractivity contribution is -0.286. The lowest BCUT2D eigenvalue weighted by Crippen LogP contribution is -2.63. The number of cyclic esters (lactones) is 1. The van der Waals surface area contributed by atoms with Crippen LogP contribution < -0.4 is 56.8 Å². The molecule has 3 fully saturated rings. The fourth-order valence-electron chi connectivity index (χ4n) is 10.5. The molecule has 4 aliphatic rings. The zero-order valence-corrected chi connectivity index (χ0v) is 48.2. The Morgan fingerprint density at radius 2 is 1.02 bits per heavy atom. The molecule has 85 heavy (non-hydrogen) atoms. The minimum Gasteiger partial charge on any atom is -0.493 e. The van der Waals surface area contributed by atoms with Gasteiger partial charge in [0.2, 0.25) is 47.1 Å². The molecule has 4 aliphatic heterocycles. The molecule has 0 saturated carbocycles. The maximum atomic E-state index is 15.7. The smallest absolute Gasteiger partial charge is 0.352 e. The van der Waals surface area contributed by atoms with Crippen LogP contribution in [-0.2, 0) is 61.8 Å². The van der Waals surface area contributed by atoms with Crippen molar-refractivity contribution >= 4 is 47.8 Å². The quantitative estimate of drug-likeness (QED) is 0.0898. The summed E-state index contributed by atoms with van der Waals surface area (Å²) in [5.41, 5.74) is -5.22. The Bertz CT molecular complexity index is 3320. The van der Waals surface area contributed by atoms with Crippen LogP contribution in [0.1, 0.15) is 66.3 Å². The van der Waals surface area contributed by atoms with E-state index in [1.807, 2.05) is 0 Å². The second-order valence-electron chi connectivity index (χ2n) is 18.4. The minimum atomic E-state index is -2.51. The van der Waals surface area contributed by atoms with Crippen LogP contribution in [0, 0.1) is 0 Å². The Kier molecular flexibility index (Phi) is 18.0. The minimum absolute atomic E-state index is 0.0275. The second kappa shape index (κ2) is 25.0. The van der Waals surface area contributed by atoms with Crippen LogP contribution in [0.25, 0.3) is 11.1 Å². The highest BCUT2D eigenvalue weighted by Crippen LogP contribution is 2.58. The molecule has 0 spiro atoms. The zero-order chi connectivity index (χ0) is 61.9. The van der Waals surface area contributed by atoms with Crippen LogP contribution in [0.5, 0.6) is 69.0 Å². The highest BCUT2D eigenvalue weighted by molar-refractivity contribution is 6.09. The number of methoxy groups -OCH3 is 13. The molecule has 456 valence electrons. The van der Waals surface area contributed by atoms with Gasteiger partial charge in [0.05, 0.1) is 127 Å². The summed E-state index contributed by atoms with van der Waals surface area (Å²) >= 11 is 0. The zero-order valence-electron chi connectivity index (χ0n) is 48.2. The number of hydrogen-bond donors (Lipinski definition) is 0. The topological polar surface area (TPSA) is 330 Å². The fourth-order valence-corrected chi connectivity index (χ4v) is 10.5. The van der Waals surface area contributed by atoms with E-state index in [1.54, 1.807) is 0 Å². The number of esters is 8. The van der Waals surface area contributed by atoms with Gasteiger partial charge in [-0.15, -0.1) is 0 Å². The van der Waals surface area contributed by atoms with E-state index >= 15 is 9.59 Å². The molecule has 0 aromatic heterocycles. The summed E-state index contributed by atoms with van der Waals surface area (Å²) in [4.78, 5) is 115. The number of carbonyl (C=O) groups excluding carboxylic acids is 8. The van der Waals surface area contributed by atoms with Crippen LogP contribution in [-0.4, -0.2) is 189 Å². The van der Waals surface area contributed by atoms with Gasteiger partial charge in [-0.25, -0.2) is 28.8 Å². The molecule has 4 aromatic rings. The number of rotatable bonds is 20. The van der Waals surface area contributed by atoms with Crippen LogP contribution in [0.4, 0.5) is 0 Å². The Hall–Kier alpha value is -9.80. The number of fused-ring (bicyclic) bond motifs is 7. The first-order valence-electron chi connectivity index (χ1n) is 25.2. The highest BCUT2D eigenvalue weighted by Gasteiger charge is 2.72. The molecule has 8 rings (SSSR count). The predicted octanol–water partition coefficient (Wildman–Crippen LogP) is 3.76. The maximum Gasteiger partial charge on any atom is 0.352 e. The van der Waals surface area contributed by atoms with E-state index in [4.69, 9.17) is 99.5 Å². The van der Waals surface area contributed by atoms with Gasteiger partial charge in [0.15, 0.2) is 58.2 Å². The first kappa shape index (κ1) is 61.3. The molecule has 0 amide bonds. The van der Waals surface area contributed by atoms with Gasteiger partial charge in [-0.1, -0.05) is 0 Å². The first-order valence-corrected chi connectivity index (χ1v) is 25.2. The largest absolute Gasteiger partial charge is 0.493 e. The third-order valence-corrected chi connectivity index (χ3v) is 14.2. The average Bonchev–Trinajstić information content (AvgIpc) is 1.67. The van der Waals surface area contributed by atoms with Crippen molar-refractivity contribution in [3.8, 4) is 80.1 Å². The molecule has 4 bridgehead atoms. The van der Waals surface area contributed by atoms with Crippen molar-refractivity contribution in [1.82, 2.24) is 0 Å². The number of hydrogen-bond acceptors (Lipinski definition) is 29. The fraction of sp³-hybridized carbons (Fsp3) is 0.429. The van der Waals surface area contributed by atoms with E-state index in [0.29, 0.717) is 0 Å². The third-order valence-electron chi connectivity index (χ3n) is 14.2. The van der Waals surface area contributed by atoms with Crippen LogP contribution >= 0.6 is 0 Å². The number of benzene rings is 4. The summed E-state index contributed by atoms with van der Waals surface area (Å²) in [6, 6.07) is 5.82. The van der Waals surface area contributed by atoms with Crippen LogP contribution in [0.15, 0.2) is 30.3 Å². The average molecular weight is 1200 g/mol. The summed E-state index contributed by atoms with van der Waals surface area (Å²) in [5.74, 6) is -13.2. The Morgan fingerprint density at radius 1 is 0.529 bits per heavy atom. The van der Waals surface area contributed by atoms with Gasteiger partial charge >= 0.3 is 47.8 Å². The van der Waals surface area contributed by atoms with Gasteiger partial charge in [-0.3, -0.25) is 9.59 Å². The maximum absolute atomic E-state index is 15.7. The van der Waals surface area contributed by atoms with Crippen molar-refractivity contribution in [2.24, 2.45) is 0 Å². The molecule has 29 nitrogen and oxygen atoms in total. The van der Waals surface area contributed by atoms with Crippen LogP contribution in [0.2, 0.25) is 0 Å². The van der Waals surface area contributed by atoms with E-state index < -0.39 is 126 Å². The Balaban J connectivity index is 1.41. The molecule has 0 radical (unpaired) electrons. The number of ether oxygens (including phenoxy) is 21. The molecule has 0 N–H and O–H groups in total. The molecule has 4 aromatic carbocycles. The lowest BCUT2D eigenvalue weighted by Gasteiger charge is -2.44. The highest BCUT2D eigenvalue weighted by atomic mass is 16.8. The molecule has 4 heterocycles. The van der Waals surface area contributed by atoms with Crippen molar-refractivity contribution in [1.29, 1.82) is 0 Å². The lowest BCUT2D eigenvalue weighted by atomic mass is 9.78. The molecular weight excluding hydrogens is 1140 g/mol. The first-order chi connectivity index (χ1) is 40.8. The molecule has 0 aliphatic carbocycles. The molecular formula is C56H58O29. The van der Waals surface area contributed by atoms with Crippen molar-refractivity contribution in [2.75, 3.05) is 99.0 Å². The van der Waals surface area contributed by atoms with Gasteiger partial charge < -0.3 is 99.5 Å². The van der Waals surface area contributed by atoms with E-state index in [2.05, 4.69) is 0 Å². The normalized spacial score (nSPS) is 21.8. The van der Waals surface area contributed by atoms with Gasteiger partial charge in [0, 0.05) is 23.6 Å². The van der Waals surface area contributed by atoms with Crippen molar-refractivity contribution < 1.29 is 138 Å². The number of carbonyl (C=O) groups is 8. The summed E-state index contributed by atoms with van der Waals surface area (Å²) < 4.78 is 121. The standard InChI is InChI=1S/C56H58O29/c1-22(57)79-42-32-21-78-50(60)24-17-29(67-4)39(72-9)43(75-12)34(24)35-25(18-30(68-5)40(73-10)44(35)76-13)51(61)81-47(42)48(54(80-32)84-49(59)23-15-27(65-2)38(71-8)28(16-23)66-3)82-52(62)26-19-31(69-6)41(74-11)45(77-14)36(26)37-46-53(63)85-56(37,55(64)83-46)20-33(58)70-7/h15-19,32,37,42,46-48,54H,20-21H2,1-14H3/t32-,37?,42-,46-,47+,48-,54+,56-/m1/s1. The van der Waals surface area contributed by atoms with E-state index in [1.165, 1.54) is 96.4 Å². The molecule has 3 saturated heterocycles. The SMILES string of the molecule is COC(=O)C[C@]12OC(=O)[C@H](OC1=O)C2c1c(C(=O)O[C@H]2[C@H](OC(=O)c3cc(OC)c(OC)c(OC)c3)O[C@@H]3COC(=O)c4cc(OC)c(OC)c(OC)c4-c4c(cc(OC)c(OC)c4OC)C(=O)O[C@H]2[C@@H]3OC(C)=O)cc(OC)c(OC)c1OC. The van der Waals surface area contributed by atoms with Crippen LogP contribution in [0.3, 0.4) is 0 Å². The molecule has 8 atom stereocenters. The Morgan fingerprint density at radius 3 is 1.52 bits per heavy atom. The summed E-state index contributed by atoms with van der Waals surface area (Å²) in [7, 11) is 15.9. The summed E-state index contributed by atoms with van der Waals surface area (Å²) in [6.07, 6.45) is -13.5. The van der Waals surface area contributed by atoms with Gasteiger partial charge in [0.25, 0.3) is 0 Å². The third kappa shape index (κ3) is 10.6. The predicted molar refractivity (Wildman–Crippen MR) is 280 cm³/mol. The van der Waals surface area contributed by atoms with Gasteiger partial charge in [-0.2, -0.15) is 0 Å². The second-order valence-corrected chi connectivity index (χ2v) is 18.4.